The van der Waals surface area contributed by atoms with Crippen LogP contribution in [-0.4, -0.2) is 20.1 Å². The largest absolute Gasteiger partial charge is 0.417 e. The lowest BCUT2D eigenvalue weighted by atomic mass is 10.2. The molecular formula is C15H27NO2Si. The van der Waals surface area contributed by atoms with Gasteiger partial charge in [0.1, 0.15) is 5.76 Å². The Labute approximate surface area is 118 Å². The molecule has 0 saturated heterocycles. The second-order valence-corrected chi connectivity index (χ2v) is 11.3. The Bertz CT molecular complexity index is 422. The quantitative estimate of drug-likeness (QED) is 0.579. The third kappa shape index (κ3) is 4.32. The van der Waals surface area contributed by atoms with Gasteiger partial charge in [-0.25, -0.2) is 0 Å². The number of aromatic nitrogens is 1. The van der Waals surface area contributed by atoms with Gasteiger partial charge >= 0.3 is 0 Å². The summed E-state index contributed by atoms with van der Waals surface area (Å²) < 4.78 is 11.2. The highest BCUT2D eigenvalue weighted by atomic mass is 28.4. The van der Waals surface area contributed by atoms with E-state index in [4.69, 9.17) is 8.95 Å². The maximum atomic E-state index is 6.12. The summed E-state index contributed by atoms with van der Waals surface area (Å²) in [4.78, 5) is 0. The summed E-state index contributed by atoms with van der Waals surface area (Å²) in [5, 5.41) is 4.21. The van der Waals surface area contributed by atoms with Gasteiger partial charge in [0.25, 0.3) is 0 Å². The third-order valence-corrected chi connectivity index (χ3v) is 8.46. The van der Waals surface area contributed by atoms with Crippen molar-refractivity contribution < 1.29 is 8.95 Å². The van der Waals surface area contributed by atoms with E-state index < -0.39 is 8.32 Å². The zero-order chi connectivity index (χ0) is 14.7. The molecule has 0 bridgehead atoms. The summed E-state index contributed by atoms with van der Waals surface area (Å²) in [7, 11) is -1.61. The molecule has 1 heterocycles. The van der Waals surface area contributed by atoms with E-state index in [2.05, 4.69) is 51.2 Å². The average molecular weight is 281 g/mol. The van der Waals surface area contributed by atoms with Crippen LogP contribution in [0.1, 0.15) is 44.2 Å². The van der Waals surface area contributed by atoms with Gasteiger partial charge in [-0.2, -0.15) is 0 Å². The topological polar surface area (TPSA) is 35.3 Å². The van der Waals surface area contributed by atoms with Crippen molar-refractivity contribution >= 4 is 14.4 Å². The van der Waals surface area contributed by atoms with Crippen molar-refractivity contribution in [3.63, 3.8) is 0 Å². The molecule has 0 saturated carbocycles. The van der Waals surface area contributed by atoms with Crippen LogP contribution in [0.15, 0.2) is 10.6 Å². The van der Waals surface area contributed by atoms with Gasteiger partial charge in [0.15, 0.2) is 8.32 Å². The van der Waals surface area contributed by atoms with E-state index in [0.29, 0.717) is 0 Å². The van der Waals surface area contributed by atoms with Gasteiger partial charge in [0.05, 0.1) is 5.69 Å². The summed E-state index contributed by atoms with van der Waals surface area (Å²) in [6, 6.07) is 0. The molecule has 0 radical (unpaired) electrons. The summed E-state index contributed by atoms with van der Waals surface area (Å²) in [5.74, 6) is 0.874. The lowest BCUT2D eigenvalue weighted by Crippen LogP contribution is -2.40. The fourth-order valence-corrected chi connectivity index (χ4v) is 2.59. The highest BCUT2D eigenvalue weighted by Crippen LogP contribution is 2.36. The normalized spacial score (nSPS) is 13.4. The first-order valence-corrected chi connectivity index (χ1v) is 9.79. The Morgan fingerprint density at radius 1 is 1.26 bits per heavy atom. The minimum absolute atomic E-state index is 0.276. The summed E-state index contributed by atoms with van der Waals surface area (Å²) in [5.41, 5.74) is 2.03. The van der Waals surface area contributed by atoms with Crippen molar-refractivity contribution in [2.75, 3.05) is 6.61 Å². The van der Waals surface area contributed by atoms with E-state index in [-0.39, 0.29) is 5.04 Å². The molecule has 3 nitrogen and oxygen atoms in total. The summed E-state index contributed by atoms with van der Waals surface area (Å²) >= 11 is 0. The molecule has 1 aromatic heterocycles. The highest BCUT2D eigenvalue weighted by Gasteiger charge is 2.36. The third-order valence-electron chi connectivity index (χ3n) is 3.93. The monoisotopic (exact) mass is 281 g/mol. The Balaban J connectivity index is 2.44. The minimum Gasteiger partial charge on any atom is -0.417 e. The van der Waals surface area contributed by atoms with Gasteiger partial charge in [-0.05, 0) is 38.4 Å². The molecule has 0 fully saturated rings. The van der Waals surface area contributed by atoms with E-state index in [9.17, 15) is 0 Å². The van der Waals surface area contributed by atoms with Crippen LogP contribution in [0.2, 0.25) is 18.1 Å². The minimum atomic E-state index is -1.61. The maximum absolute atomic E-state index is 6.12. The molecule has 0 aliphatic heterocycles. The molecule has 19 heavy (non-hydrogen) atoms. The number of hydrogen-bond donors (Lipinski definition) is 0. The van der Waals surface area contributed by atoms with E-state index in [1.54, 1.807) is 0 Å². The second kappa shape index (κ2) is 6.05. The Morgan fingerprint density at radius 2 is 1.89 bits per heavy atom. The Hall–Kier alpha value is -0.873. The molecule has 1 aromatic rings. The van der Waals surface area contributed by atoms with Crippen molar-refractivity contribution in [3.05, 3.63) is 23.1 Å². The number of aryl methyl sites for hydroxylation is 2. The fourth-order valence-electron chi connectivity index (χ4n) is 1.53. The zero-order valence-electron chi connectivity index (χ0n) is 13.3. The van der Waals surface area contributed by atoms with Gasteiger partial charge in [0.2, 0.25) is 0 Å². The number of hydrogen-bond acceptors (Lipinski definition) is 3. The van der Waals surface area contributed by atoms with E-state index in [1.165, 1.54) is 0 Å². The highest BCUT2D eigenvalue weighted by molar-refractivity contribution is 6.74. The first kappa shape index (κ1) is 16.2. The summed E-state index contributed by atoms with van der Waals surface area (Å²) in [6.45, 7) is 16.0. The number of rotatable bonds is 5. The second-order valence-electron chi connectivity index (χ2n) is 6.54. The number of nitrogens with zero attached hydrogens (tertiary/aromatic N) is 1. The van der Waals surface area contributed by atoms with Crippen LogP contribution in [0, 0.1) is 13.8 Å². The van der Waals surface area contributed by atoms with Crippen molar-refractivity contribution in [2.45, 2.75) is 59.2 Å². The first-order chi connectivity index (χ1) is 8.65. The molecule has 4 heteroatoms. The van der Waals surface area contributed by atoms with Crippen LogP contribution >= 0.6 is 0 Å². The SMILES string of the molecule is Cc1noc(C)c1/C=C\CCO[Si](C)(C)C(C)(C)C. The Morgan fingerprint density at radius 3 is 2.37 bits per heavy atom. The van der Waals surface area contributed by atoms with Gasteiger partial charge in [0, 0.05) is 12.2 Å². The van der Waals surface area contributed by atoms with Gasteiger partial charge in [-0.1, -0.05) is 38.1 Å². The molecule has 0 spiro atoms. The van der Waals surface area contributed by atoms with Gasteiger partial charge < -0.3 is 8.95 Å². The lowest BCUT2D eigenvalue weighted by molar-refractivity contribution is 0.294. The molecule has 1 rings (SSSR count). The van der Waals surface area contributed by atoms with E-state index in [0.717, 1.165) is 30.0 Å². The van der Waals surface area contributed by atoms with Crippen LogP contribution in [0.5, 0.6) is 0 Å². The van der Waals surface area contributed by atoms with E-state index >= 15 is 0 Å². The van der Waals surface area contributed by atoms with Crippen molar-refractivity contribution in [1.29, 1.82) is 0 Å². The van der Waals surface area contributed by atoms with Crippen LogP contribution in [0.4, 0.5) is 0 Å². The van der Waals surface area contributed by atoms with Gasteiger partial charge in [-0.3, -0.25) is 0 Å². The van der Waals surface area contributed by atoms with Crippen molar-refractivity contribution in [1.82, 2.24) is 5.16 Å². The first-order valence-electron chi connectivity index (χ1n) is 6.88. The molecule has 0 unspecified atom stereocenters. The molecule has 0 amide bonds. The predicted octanol–water partition coefficient (Wildman–Crippen LogP) is 4.72. The van der Waals surface area contributed by atoms with Crippen LogP contribution in [0.25, 0.3) is 6.08 Å². The molecule has 0 atom stereocenters. The Kier molecular flexibility index (Phi) is 5.16. The molecule has 0 N–H and O–H groups in total. The maximum Gasteiger partial charge on any atom is 0.191 e. The van der Waals surface area contributed by atoms with Crippen LogP contribution in [-0.2, 0) is 4.43 Å². The van der Waals surface area contributed by atoms with E-state index in [1.807, 2.05) is 13.8 Å². The van der Waals surface area contributed by atoms with Crippen molar-refractivity contribution in [3.8, 4) is 0 Å². The molecule has 0 aromatic carbocycles. The smallest absolute Gasteiger partial charge is 0.191 e. The zero-order valence-corrected chi connectivity index (χ0v) is 14.3. The van der Waals surface area contributed by atoms with Crippen LogP contribution in [0.3, 0.4) is 0 Å². The predicted molar refractivity (Wildman–Crippen MR) is 82.8 cm³/mol. The molecule has 0 aliphatic rings. The summed E-state index contributed by atoms with van der Waals surface area (Å²) in [6.07, 6.45) is 5.15. The van der Waals surface area contributed by atoms with Gasteiger partial charge in [-0.15, -0.1) is 0 Å². The molecule has 0 aliphatic carbocycles. The molecular weight excluding hydrogens is 254 g/mol. The molecule has 108 valence electrons. The van der Waals surface area contributed by atoms with Crippen molar-refractivity contribution in [2.24, 2.45) is 0 Å². The average Bonchev–Trinajstić information content (AvgIpc) is 2.58. The van der Waals surface area contributed by atoms with Crippen LogP contribution < -0.4 is 0 Å². The fraction of sp³-hybridized carbons (Fsp3) is 0.667. The standard InChI is InChI=1S/C15H27NO2Si/c1-12-14(13(2)18-16-12)10-8-9-11-17-19(6,7)15(3,4)5/h8,10H,9,11H2,1-7H3/b10-8-. The lowest BCUT2D eigenvalue weighted by Gasteiger charge is -2.36.